The zero-order valence-electron chi connectivity index (χ0n) is 26.0. The number of benzene rings is 2. The molecular weight excluding hydrogens is 593 g/mol. The van der Waals surface area contributed by atoms with Gasteiger partial charge in [-0.25, -0.2) is 9.59 Å². The number of rotatable bonds is 10. The number of aliphatic carboxylic acids is 1. The second kappa shape index (κ2) is 15.4. The fourth-order valence-electron chi connectivity index (χ4n) is 5.18. The average molecular weight is 633 g/mol. The van der Waals surface area contributed by atoms with Crippen LogP contribution in [-0.4, -0.2) is 57.1 Å². The second-order valence-electron chi connectivity index (χ2n) is 10.9. The molecule has 0 aliphatic carbocycles. The van der Waals surface area contributed by atoms with Crippen molar-refractivity contribution in [3.05, 3.63) is 59.9 Å². The van der Waals surface area contributed by atoms with E-state index in [1.807, 2.05) is 37.6 Å². The lowest BCUT2D eigenvalue weighted by Gasteiger charge is -2.16. The van der Waals surface area contributed by atoms with Gasteiger partial charge < -0.3 is 30.0 Å². The van der Waals surface area contributed by atoms with Crippen LogP contribution in [0.5, 0.6) is 5.75 Å². The van der Waals surface area contributed by atoms with E-state index >= 15 is 0 Å². The third kappa shape index (κ3) is 9.72. The first-order valence-corrected chi connectivity index (χ1v) is 14.6. The van der Waals surface area contributed by atoms with Gasteiger partial charge in [0.15, 0.2) is 0 Å². The van der Waals surface area contributed by atoms with Crippen LogP contribution in [0.25, 0.3) is 21.9 Å². The minimum absolute atomic E-state index is 0.0772. The zero-order chi connectivity index (χ0) is 33.3. The Labute approximate surface area is 260 Å². The Balaban J connectivity index is 0.000000707. The molecule has 0 unspecified atom stereocenters. The number of halogens is 3. The highest BCUT2D eigenvalue weighted by Crippen LogP contribution is 2.27. The summed E-state index contributed by atoms with van der Waals surface area (Å²) >= 11 is 0. The van der Waals surface area contributed by atoms with Crippen LogP contribution in [0, 0.1) is 13.8 Å². The topological polar surface area (TPSA) is 124 Å². The fourth-order valence-corrected chi connectivity index (χ4v) is 5.18. The van der Waals surface area contributed by atoms with Gasteiger partial charge in [-0.3, -0.25) is 0 Å². The van der Waals surface area contributed by atoms with Crippen LogP contribution in [0.15, 0.2) is 48.5 Å². The molecule has 2 aromatic carbocycles. The molecule has 13 heteroatoms. The normalized spacial score (nSPS) is 15.9. The number of unbranched alkanes of at least 4 members (excludes halogenated alkanes) is 3. The van der Waals surface area contributed by atoms with Crippen molar-refractivity contribution in [3.63, 3.8) is 0 Å². The largest absolute Gasteiger partial charge is 0.542 e. The first-order valence-electron chi connectivity index (χ1n) is 14.6. The number of carbonyl (C=O) groups excluding carboxylic acids is 3. The van der Waals surface area contributed by atoms with E-state index in [9.17, 15) is 22.8 Å². The summed E-state index contributed by atoms with van der Waals surface area (Å²) in [6.07, 6.45) is -0.721. The van der Waals surface area contributed by atoms with E-state index in [0.29, 0.717) is 6.61 Å². The Morgan fingerprint density at radius 1 is 0.933 bits per heavy atom. The second-order valence-corrected chi connectivity index (χ2v) is 10.9. The number of carboxylic acid groups (broad SMARTS) is 1. The molecule has 0 spiro atoms. The Morgan fingerprint density at radius 2 is 1.53 bits per heavy atom. The van der Waals surface area contributed by atoms with Crippen molar-refractivity contribution in [1.82, 2.24) is 10.6 Å². The van der Waals surface area contributed by atoms with Crippen LogP contribution in [0.3, 0.4) is 0 Å². The highest BCUT2D eigenvalue weighted by atomic mass is 19.4. The van der Waals surface area contributed by atoms with Crippen molar-refractivity contribution >= 4 is 28.9 Å². The van der Waals surface area contributed by atoms with Crippen LogP contribution in [0.1, 0.15) is 50.4 Å². The molecule has 0 radical (unpaired) electrons. The number of amides is 3. The summed E-state index contributed by atoms with van der Waals surface area (Å²) in [6.45, 7) is 6.40. The van der Waals surface area contributed by atoms with Crippen LogP contribution < -0.4 is 30.2 Å². The summed E-state index contributed by atoms with van der Waals surface area (Å²) in [5, 5.41) is 18.4. The smallest absolute Gasteiger partial charge is 0.463 e. The van der Waals surface area contributed by atoms with Crippen molar-refractivity contribution in [1.29, 1.82) is 0 Å². The number of carboxylic acids is 1. The number of aromatic nitrogens is 1. The molecule has 2 atom stereocenters. The highest BCUT2D eigenvalue weighted by Gasteiger charge is 2.29. The Kier molecular flexibility index (Phi) is 12.0. The van der Waals surface area contributed by atoms with E-state index in [2.05, 4.69) is 47.0 Å². The van der Waals surface area contributed by atoms with E-state index in [4.69, 9.17) is 19.4 Å². The van der Waals surface area contributed by atoms with Gasteiger partial charge in [0.05, 0.1) is 26.8 Å². The van der Waals surface area contributed by atoms with Crippen LogP contribution in [0.4, 0.5) is 22.8 Å². The van der Waals surface area contributed by atoms with Gasteiger partial charge >= 0.3 is 18.3 Å². The Morgan fingerprint density at radius 3 is 2.11 bits per heavy atom. The van der Waals surface area contributed by atoms with Crippen molar-refractivity contribution < 1.29 is 46.8 Å². The Hall–Kier alpha value is -4.55. The molecule has 1 fully saturated rings. The molecule has 45 heavy (non-hydrogen) atoms. The molecule has 2 N–H and O–H groups in total. The number of urea groups is 1. The maximum absolute atomic E-state index is 12.8. The zero-order valence-corrected chi connectivity index (χ0v) is 26.0. The molecule has 244 valence electrons. The number of pyridine rings is 1. The number of aryl methyl sites for hydroxylation is 2. The van der Waals surface area contributed by atoms with Gasteiger partial charge in [-0.15, -0.1) is 0 Å². The highest BCUT2D eigenvalue weighted by molar-refractivity contribution is 5.88. The van der Waals surface area contributed by atoms with Gasteiger partial charge in [0, 0.05) is 32.0 Å². The summed E-state index contributed by atoms with van der Waals surface area (Å²) in [6, 6.07) is 16.9. The SMILES string of the molecule is COc1ccc2cc(-c3cc(C)[n+](N(C)C(=O)OCCCCCC[C@H]4NC(=O)N[C@H]4C)c(C)c3)ccc2c1.O=C([O-])C(F)(F)F. The summed E-state index contributed by atoms with van der Waals surface area (Å²) in [4.78, 5) is 32.9. The quantitative estimate of drug-likeness (QED) is 0.252. The molecular formula is C32H39F3N4O6. The summed E-state index contributed by atoms with van der Waals surface area (Å²) in [5.74, 6) is -2.16. The summed E-state index contributed by atoms with van der Waals surface area (Å²) in [7, 11) is 3.41. The average Bonchev–Trinajstić information content (AvgIpc) is 3.31. The van der Waals surface area contributed by atoms with Crippen LogP contribution in [0.2, 0.25) is 0 Å². The fraction of sp³-hybridized carbons (Fsp3) is 0.438. The van der Waals surface area contributed by atoms with Crippen LogP contribution in [-0.2, 0) is 9.53 Å². The maximum Gasteiger partial charge on any atom is 0.463 e. The minimum Gasteiger partial charge on any atom is -0.542 e. The third-order valence-corrected chi connectivity index (χ3v) is 7.49. The van der Waals surface area contributed by atoms with E-state index in [-0.39, 0.29) is 24.2 Å². The molecule has 4 rings (SSSR count). The lowest BCUT2D eigenvalue weighted by atomic mass is 10.0. The Bertz CT molecular complexity index is 1490. The van der Waals surface area contributed by atoms with Crippen molar-refractivity contribution in [2.75, 3.05) is 25.8 Å². The van der Waals surface area contributed by atoms with E-state index in [0.717, 1.165) is 71.1 Å². The summed E-state index contributed by atoms with van der Waals surface area (Å²) in [5.41, 5.74) is 4.10. The van der Waals surface area contributed by atoms with Gasteiger partial charge in [-0.05, 0) is 59.9 Å². The first-order chi connectivity index (χ1) is 21.2. The van der Waals surface area contributed by atoms with Crippen molar-refractivity contribution in [2.24, 2.45) is 0 Å². The third-order valence-electron chi connectivity index (χ3n) is 7.49. The molecule has 3 amide bonds. The molecule has 1 saturated heterocycles. The minimum atomic E-state index is -5.19. The number of ether oxygens (including phenoxy) is 2. The number of alkyl halides is 3. The van der Waals surface area contributed by atoms with Crippen molar-refractivity contribution in [3.8, 4) is 16.9 Å². The molecule has 3 aromatic rings. The van der Waals surface area contributed by atoms with Gasteiger partial charge in [-0.1, -0.05) is 47.1 Å². The predicted molar refractivity (Wildman–Crippen MR) is 160 cm³/mol. The number of nitrogens with zero attached hydrogens (tertiary/aromatic N) is 2. The first kappa shape index (κ1) is 34.9. The molecule has 2 heterocycles. The summed E-state index contributed by atoms with van der Waals surface area (Å²) < 4.78 is 44.3. The molecule has 1 aromatic heterocycles. The standard InChI is InChI=1S/C30H38N4O4.C2HF3O2/c1-20-16-26(24-11-12-25-19-27(37-5)14-13-23(25)18-24)17-21(2)34(20)33(4)30(36)38-15-9-7-6-8-10-28-22(3)31-29(35)32-28;3-2(4,5)1(6)7/h11-14,16-19,22,28H,6-10,15H2,1-5H3,(H-,31,32,35);(H,6,7)/t22-,28+;/m0./s1. The number of carbonyl (C=O) groups is 3. The lowest BCUT2D eigenvalue weighted by Crippen LogP contribution is -2.62. The number of methoxy groups -OCH3 is 1. The van der Waals surface area contributed by atoms with Gasteiger partial charge in [-0.2, -0.15) is 13.2 Å². The van der Waals surface area contributed by atoms with Crippen LogP contribution >= 0.6 is 0 Å². The molecule has 1 aliphatic heterocycles. The van der Waals surface area contributed by atoms with E-state index < -0.39 is 12.1 Å². The number of hydrogen-bond donors (Lipinski definition) is 2. The monoisotopic (exact) mass is 632 g/mol. The van der Waals surface area contributed by atoms with Gasteiger partial charge in [0.25, 0.3) is 0 Å². The maximum atomic E-state index is 12.8. The van der Waals surface area contributed by atoms with E-state index in [1.165, 1.54) is 5.01 Å². The molecule has 10 nitrogen and oxygen atoms in total. The van der Waals surface area contributed by atoms with Crippen molar-refractivity contribution in [2.45, 2.75) is 71.1 Å². The lowest BCUT2D eigenvalue weighted by molar-refractivity contribution is -0.692. The number of nitrogens with one attached hydrogen (secondary N) is 2. The number of hydrogen-bond acceptors (Lipinski definition) is 6. The molecule has 1 aliphatic rings. The number of fused-ring (bicyclic) bond motifs is 1. The van der Waals surface area contributed by atoms with Gasteiger partial charge in [0.1, 0.15) is 11.7 Å². The molecule has 0 bridgehead atoms. The predicted octanol–water partition coefficient (Wildman–Crippen LogP) is 4.44. The molecule has 0 saturated carbocycles. The van der Waals surface area contributed by atoms with E-state index in [1.54, 1.807) is 14.2 Å². The van der Waals surface area contributed by atoms with Gasteiger partial charge in [0.2, 0.25) is 11.4 Å².